The lowest BCUT2D eigenvalue weighted by atomic mass is 9.98. The molecule has 20 heavy (non-hydrogen) atoms. The van der Waals surface area contributed by atoms with Gasteiger partial charge in [0.05, 0.1) is 19.9 Å². The molecule has 0 radical (unpaired) electrons. The molecule has 0 amide bonds. The van der Waals surface area contributed by atoms with Crippen LogP contribution in [0.5, 0.6) is 11.5 Å². The van der Waals surface area contributed by atoms with Crippen LogP contribution in [-0.2, 0) is 0 Å². The summed E-state index contributed by atoms with van der Waals surface area (Å²) in [7, 11) is 3.39. The van der Waals surface area contributed by atoms with Gasteiger partial charge >= 0.3 is 0 Å². The molecule has 2 atom stereocenters. The average Bonchev–Trinajstić information content (AvgIpc) is 2.72. The minimum absolute atomic E-state index is 0.564. The molecule has 0 aliphatic heterocycles. The molecule has 1 N–H and O–H groups in total. The Morgan fingerprint density at radius 3 is 2.65 bits per heavy atom. The first-order valence-corrected chi connectivity index (χ1v) is 7.75. The Bertz CT molecular complexity index is 419. The summed E-state index contributed by atoms with van der Waals surface area (Å²) >= 11 is 0. The van der Waals surface area contributed by atoms with Crippen LogP contribution in [0.15, 0.2) is 18.2 Å². The Labute approximate surface area is 122 Å². The molecule has 1 aliphatic rings. The van der Waals surface area contributed by atoms with Crippen LogP contribution in [0.2, 0.25) is 0 Å². The van der Waals surface area contributed by atoms with Gasteiger partial charge in [-0.25, -0.2) is 0 Å². The number of nitrogens with one attached hydrogen (secondary N) is 1. The van der Waals surface area contributed by atoms with Crippen LogP contribution in [-0.4, -0.2) is 20.3 Å². The number of anilines is 1. The molecule has 1 aromatic carbocycles. The molecule has 1 aliphatic carbocycles. The van der Waals surface area contributed by atoms with Gasteiger partial charge in [0.15, 0.2) is 0 Å². The van der Waals surface area contributed by atoms with Gasteiger partial charge in [0.25, 0.3) is 0 Å². The predicted octanol–water partition coefficient (Wildman–Crippen LogP) is 4.47. The van der Waals surface area contributed by atoms with Crippen molar-refractivity contribution >= 4 is 5.69 Å². The molecule has 0 saturated heterocycles. The van der Waals surface area contributed by atoms with Crippen molar-refractivity contribution in [3.8, 4) is 11.5 Å². The topological polar surface area (TPSA) is 30.5 Å². The van der Waals surface area contributed by atoms with Crippen molar-refractivity contribution in [1.82, 2.24) is 0 Å². The van der Waals surface area contributed by atoms with Gasteiger partial charge in [-0.2, -0.15) is 0 Å². The van der Waals surface area contributed by atoms with Gasteiger partial charge in [-0.3, -0.25) is 0 Å². The summed E-state index contributed by atoms with van der Waals surface area (Å²) in [5.74, 6) is 2.61. The first-order chi connectivity index (χ1) is 9.76. The van der Waals surface area contributed by atoms with Gasteiger partial charge in [0.1, 0.15) is 11.5 Å². The zero-order valence-electron chi connectivity index (χ0n) is 12.9. The van der Waals surface area contributed by atoms with Gasteiger partial charge in [0.2, 0.25) is 0 Å². The molecule has 1 aromatic rings. The van der Waals surface area contributed by atoms with E-state index in [1.54, 1.807) is 14.2 Å². The highest BCUT2D eigenvalue weighted by Crippen LogP contribution is 2.32. The highest BCUT2D eigenvalue weighted by Gasteiger charge is 2.18. The molecular formula is C17H27NO2. The van der Waals surface area contributed by atoms with Gasteiger partial charge < -0.3 is 14.8 Å². The van der Waals surface area contributed by atoms with E-state index in [1.165, 1.54) is 38.5 Å². The van der Waals surface area contributed by atoms with Crippen LogP contribution in [0, 0.1) is 5.92 Å². The SMILES string of the molecule is CCC1CCCC(Nc2ccc(OC)cc2OC)CC1. The minimum Gasteiger partial charge on any atom is -0.497 e. The van der Waals surface area contributed by atoms with Gasteiger partial charge in [-0.15, -0.1) is 0 Å². The maximum absolute atomic E-state index is 5.46. The highest BCUT2D eigenvalue weighted by molar-refractivity contribution is 5.59. The van der Waals surface area contributed by atoms with Crippen molar-refractivity contribution in [2.75, 3.05) is 19.5 Å². The van der Waals surface area contributed by atoms with E-state index in [0.29, 0.717) is 6.04 Å². The summed E-state index contributed by atoms with van der Waals surface area (Å²) in [4.78, 5) is 0. The smallest absolute Gasteiger partial charge is 0.145 e. The van der Waals surface area contributed by atoms with E-state index in [-0.39, 0.29) is 0 Å². The number of rotatable bonds is 5. The van der Waals surface area contributed by atoms with E-state index in [2.05, 4.69) is 18.3 Å². The van der Waals surface area contributed by atoms with Crippen LogP contribution in [0.4, 0.5) is 5.69 Å². The summed E-state index contributed by atoms with van der Waals surface area (Å²) in [6.07, 6.45) is 7.88. The molecule has 2 rings (SSSR count). The molecule has 112 valence electrons. The van der Waals surface area contributed by atoms with Crippen molar-refractivity contribution in [3.63, 3.8) is 0 Å². The fourth-order valence-electron chi connectivity index (χ4n) is 3.07. The van der Waals surface area contributed by atoms with Crippen molar-refractivity contribution in [2.45, 2.75) is 51.5 Å². The summed E-state index contributed by atoms with van der Waals surface area (Å²) in [6.45, 7) is 2.31. The number of ether oxygens (including phenoxy) is 2. The van der Waals surface area contributed by atoms with E-state index < -0.39 is 0 Å². The van der Waals surface area contributed by atoms with Gasteiger partial charge in [0, 0.05) is 12.1 Å². The van der Waals surface area contributed by atoms with Gasteiger partial charge in [-0.1, -0.05) is 26.2 Å². The summed E-state index contributed by atoms with van der Waals surface area (Å²) in [6, 6.07) is 6.54. The summed E-state index contributed by atoms with van der Waals surface area (Å²) in [5.41, 5.74) is 1.08. The highest BCUT2D eigenvalue weighted by atomic mass is 16.5. The number of hydrogen-bond acceptors (Lipinski definition) is 3. The molecule has 1 fully saturated rings. The third-order valence-electron chi connectivity index (χ3n) is 4.43. The quantitative estimate of drug-likeness (QED) is 0.805. The van der Waals surface area contributed by atoms with E-state index in [4.69, 9.17) is 9.47 Å². The average molecular weight is 277 g/mol. The van der Waals surface area contributed by atoms with Crippen LogP contribution in [0.3, 0.4) is 0 Å². The minimum atomic E-state index is 0.564. The second kappa shape index (κ2) is 7.41. The second-order valence-corrected chi connectivity index (χ2v) is 5.69. The largest absolute Gasteiger partial charge is 0.497 e. The van der Waals surface area contributed by atoms with Crippen LogP contribution in [0.1, 0.15) is 45.4 Å². The fourth-order valence-corrected chi connectivity index (χ4v) is 3.07. The molecule has 0 heterocycles. The molecule has 0 aromatic heterocycles. The van der Waals surface area contributed by atoms with E-state index in [1.807, 2.05) is 12.1 Å². The van der Waals surface area contributed by atoms with Crippen LogP contribution < -0.4 is 14.8 Å². The predicted molar refractivity (Wildman–Crippen MR) is 83.8 cm³/mol. The maximum atomic E-state index is 5.46. The zero-order chi connectivity index (χ0) is 14.4. The van der Waals surface area contributed by atoms with E-state index in [0.717, 1.165) is 23.1 Å². The lowest BCUT2D eigenvalue weighted by Crippen LogP contribution is -2.18. The zero-order valence-corrected chi connectivity index (χ0v) is 12.9. The summed E-state index contributed by atoms with van der Waals surface area (Å²) < 4.78 is 10.7. The van der Waals surface area contributed by atoms with Crippen molar-refractivity contribution in [1.29, 1.82) is 0 Å². The Morgan fingerprint density at radius 2 is 1.95 bits per heavy atom. The van der Waals surface area contributed by atoms with Gasteiger partial charge in [-0.05, 0) is 37.3 Å². The number of methoxy groups -OCH3 is 2. The first-order valence-electron chi connectivity index (χ1n) is 7.75. The Hall–Kier alpha value is -1.38. The van der Waals surface area contributed by atoms with Crippen LogP contribution >= 0.6 is 0 Å². The first kappa shape index (κ1) is 15.0. The lowest BCUT2D eigenvalue weighted by molar-refractivity contribution is 0.395. The monoisotopic (exact) mass is 277 g/mol. The molecule has 1 saturated carbocycles. The maximum Gasteiger partial charge on any atom is 0.145 e. The standard InChI is InChI=1S/C17H27NO2/c1-4-13-6-5-7-14(9-8-13)18-16-11-10-15(19-2)12-17(16)20-3/h10-14,18H,4-9H2,1-3H3. The van der Waals surface area contributed by atoms with E-state index >= 15 is 0 Å². The van der Waals surface area contributed by atoms with E-state index in [9.17, 15) is 0 Å². The second-order valence-electron chi connectivity index (χ2n) is 5.69. The number of hydrogen-bond donors (Lipinski definition) is 1. The molecular weight excluding hydrogens is 250 g/mol. The molecule has 0 spiro atoms. The van der Waals surface area contributed by atoms with Crippen LogP contribution in [0.25, 0.3) is 0 Å². The number of benzene rings is 1. The lowest BCUT2D eigenvalue weighted by Gasteiger charge is -2.20. The normalized spacial score (nSPS) is 22.9. The Morgan fingerprint density at radius 1 is 1.10 bits per heavy atom. The third kappa shape index (κ3) is 3.81. The molecule has 3 heteroatoms. The fraction of sp³-hybridized carbons (Fsp3) is 0.647. The molecule has 0 bridgehead atoms. The molecule has 2 unspecified atom stereocenters. The third-order valence-corrected chi connectivity index (χ3v) is 4.43. The van der Waals surface area contributed by atoms with Crippen molar-refractivity contribution in [2.24, 2.45) is 5.92 Å². The summed E-state index contributed by atoms with van der Waals surface area (Å²) in [5, 5.41) is 3.66. The Balaban J connectivity index is 2.02. The Kier molecular flexibility index (Phi) is 5.57. The van der Waals surface area contributed by atoms with Crippen molar-refractivity contribution in [3.05, 3.63) is 18.2 Å². The molecule has 3 nitrogen and oxygen atoms in total. The van der Waals surface area contributed by atoms with Crippen molar-refractivity contribution < 1.29 is 9.47 Å².